The quantitative estimate of drug-likeness (QED) is 0.677. The first-order chi connectivity index (χ1) is 13.1. The Hall–Kier alpha value is -2.45. The molecule has 7 nitrogen and oxygen atoms in total. The summed E-state index contributed by atoms with van der Waals surface area (Å²) in [6.07, 6.45) is 0. The van der Waals surface area contributed by atoms with E-state index in [-0.39, 0.29) is 4.90 Å². The molecule has 0 aliphatic rings. The average Bonchev–Trinajstić information content (AvgIpc) is 3.17. The molecule has 0 saturated carbocycles. The lowest BCUT2D eigenvalue weighted by atomic mass is 10.1. The van der Waals surface area contributed by atoms with Crippen molar-refractivity contribution in [2.75, 3.05) is 0 Å². The van der Waals surface area contributed by atoms with Gasteiger partial charge in [0.2, 0.25) is 10.0 Å². The van der Waals surface area contributed by atoms with E-state index in [1.807, 2.05) is 45.4 Å². The molecule has 2 aromatic heterocycles. The number of rotatable bonds is 6. The molecule has 8 heteroatoms. The molecule has 0 aliphatic heterocycles. The third-order valence-corrected chi connectivity index (χ3v) is 6.57. The molecule has 0 saturated heterocycles. The van der Waals surface area contributed by atoms with Crippen molar-refractivity contribution in [2.24, 2.45) is 0 Å². The van der Waals surface area contributed by atoms with Crippen molar-refractivity contribution in [1.29, 1.82) is 0 Å². The lowest BCUT2D eigenvalue weighted by molar-refractivity contribution is 0.427. The largest absolute Gasteiger partial charge is 0.356 e. The number of nitrogens with one attached hydrogen (secondary N) is 1. The Morgan fingerprint density at radius 1 is 1.18 bits per heavy atom. The third-order valence-electron chi connectivity index (χ3n) is 4.89. The number of aryl methyl sites for hydroxylation is 4. The van der Waals surface area contributed by atoms with E-state index in [9.17, 15) is 8.42 Å². The second-order valence-corrected chi connectivity index (χ2v) is 8.74. The van der Waals surface area contributed by atoms with Crippen molar-refractivity contribution in [2.45, 2.75) is 59.0 Å². The molecular formula is C20H26N4O3S. The smallest absolute Gasteiger partial charge is 0.241 e. The van der Waals surface area contributed by atoms with Crippen molar-refractivity contribution >= 4 is 10.0 Å². The normalized spacial score (nSPS) is 13.1. The van der Waals surface area contributed by atoms with Gasteiger partial charge in [-0.05, 0) is 53.2 Å². The van der Waals surface area contributed by atoms with E-state index in [1.165, 1.54) is 0 Å². The molecular weight excluding hydrogens is 376 g/mol. The zero-order valence-corrected chi connectivity index (χ0v) is 17.9. The first-order valence-electron chi connectivity index (χ1n) is 9.24. The summed E-state index contributed by atoms with van der Waals surface area (Å²) in [6.45, 7) is 12.1. The van der Waals surface area contributed by atoms with E-state index in [1.54, 1.807) is 25.1 Å². The highest BCUT2D eigenvalue weighted by molar-refractivity contribution is 7.89. The van der Waals surface area contributed by atoms with Gasteiger partial charge < -0.3 is 4.52 Å². The molecule has 0 bridgehead atoms. The summed E-state index contributed by atoms with van der Waals surface area (Å²) >= 11 is 0. The molecule has 3 aromatic rings. The lowest BCUT2D eigenvalue weighted by Crippen LogP contribution is -2.28. The molecule has 0 spiro atoms. The fourth-order valence-electron chi connectivity index (χ4n) is 3.54. The molecule has 0 radical (unpaired) electrons. The first kappa shape index (κ1) is 20.3. The lowest BCUT2D eigenvalue weighted by Gasteiger charge is -2.17. The maximum atomic E-state index is 13.1. The average molecular weight is 403 g/mol. The van der Waals surface area contributed by atoms with Gasteiger partial charge in [-0.15, -0.1) is 0 Å². The Bertz CT molecular complexity index is 1110. The number of aromatic nitrogens is 3. The molecule has 2 heterocycles. The SMILES string of the molecule is CCn1nc(C)c(C(C)NS(=O)(=O)c2cc(-c3cc(C)no3)ccc2C)c1C. The van der Waals surface area contributed by atoms with Crippen LogP contribution < -0.4 is 4.72 Å². The number of sulfonamides is 1. The standard InChI is InChI=1S/C20H26N4O3S/c1-7-24-16(6)20(14(4)21-24)15(5)23-28(25,26)19-11-17(9-8-12(19)2)18-10-13(3)22-27-18/h8-11,15,23H,7H2,1-6H3. The van der Waals surface area contributed by atoms with Crippen LogP contribution in [0.2, 0.25) is 0 Å². The van der Waals surface area contributed by atoms with Crippen LogP contribution in [0.15, 0.2) is 33.7 Å². The molecule has 28 heavy (non-hydrogen) atoms. The minimum Gasteiger partial charge on any atom is -0.356 e. The van der Waals surface area contributed by atoms with Crippen LogP contribution >= 0.6 is 0 Å². The molecule has 150 valence electrons. The third kappa shape index (κ3) is 3.74. The van der Waals surface area contributed by atoms with E-state index in [4.69, 9.17) is 4.52 Å². The first-order valence-corrected chi connectivity index (χ1v) is 10.7. The van der Waals surface area contributed by atoms with Gasteiger partial charge in [-0.1, -0.05) is 17.3 Å². The van der Waals surface area contributed by atoms with Crippen LogP contribution in [0.25, 0.3) is 11.3 Å². The maximum absolute atomic E-state index is 13.1. The number of nitrogens with zero attached hydrogens (tertiary/aromatic N) is 3. The van der Waals surface area contributed by atoms with Crippen LogP contribution in [0.4, 0.5) is 0 Å². The Morgan fingerprint density at radius 2 is 1.89 bits per heavy atom. The zero-order valence-electron chi connectivity index (χ0n) is 17.1. The van der Waals surface area contributed by atoms with E-state index in [2.05, 4.69) is 15.0 Å². The molecule has 0 aliphatic carbocycles. The minimum absolute atomic E-state index is 0.226. The highest BCUT2D eigenvalue weighted by Gasteiger charge is 2.25. The van der Waals surface area contributed by atoms with Gasteiger partial charge >= 0.3 is 0 Å². The van der Waals surface area contributed by atoms with Gasteiger partial charge in [-0.3, -0.25) is 4.68 Å². The number of hydrogen-bond acceptors (Lipinski definition) is 5. The van der Waals surface area contributed by atoms with Crippen LogP contribution in [0, 0.1) is 27.7 Å². The van der Waals surface area contributed by atoms with Gasteiger partial charge in [-0.2, -0.15) is 5.10 Å². The van der Waals surface area contributed by atoms with E-state index >= 15 is 0 Å². The van der Waals surface area contributed by atoms with Crippen LogP contribution in [0.5, 0.6) is 0 Å². The molecule has 3 rings (SSSR count). The molecule has 1 aromatic carbocycles. The fraction of sp³-hybridized carbons (Fsp3) is 0.400. The Morgan fingerprint density at radius 3 is 2.46 bits per heavy atom. The molecule has 1 atom stereocenters. The van der Waals surface area contributed by atoms with Crippen molar-refractivity contribution in [3.05, 3.63) is 52.5 Å². The van der Waals surface area contributed by atoms with E-state index in [0.717, 1.165) is 29.2 Å². The topological polar surface area (TPSA) is 90.0 Å². The predicted molar refractivity (Wildman–Crippen MR) is 108 cm³/mol. The highest BCUT2D eigenvalue weighted by Crippen LogP contribution is 2.28. The molecule has 0 amide bonds. The van der Waals surface area contributed by atoms with Gasteiger partial charge in [0, 0.05) is 35.5 Å². The molecule has 1 unspecified atom stereocenters. The maximum Gasteiger partial charge on any atom is 0.241 e. The van der Waals surface area contributed by atoms with Crippen LogP contribution in [0.3, 0.4) is 0 Å². The summed E-state index contributed by atoms with van der Waals surface area (Å²) < 4.78 is 36.2. The van der Waals surface area contributed by atoms with Crippen LogP contribution in [-0.2, 0) is 16.6 Å². The highest BCUT2D eigenvalue weighted by atomic mass is 32.2. The Kier molecular flexibility index (Phi) is 5.45. The summed E-state index contributed by atoms with van der Waals surface area (Å²) in [4.78, 5) is 0.226. The number of benzene rings is 1. The summed E-state index contributed by atoms with van der Waals surface area (Å²) in [6, 6.07) is 6.61. The van der Waals surface area contributed by atoms with Crippen molar-refractivity contribution in [1.82, 2.24) is 19.7 Å². The summed E-state index contributed by atoms with van der Waals surface area (Å²) in [7, 11) is -3.74. The van der Waals surface area contributed by atoms with Gasteiger partial charge in [0.05, 0.1) is 16.3 Å². The monoisotopic (exact) mass is 402 g/mol. The van der Waals surface area contributed by atoms with E-state index in [0.29, 0.717) is 16.9 Å². The van der Waals surface area contributed by atoms with Crippen LogP contribution in [0.1, 0.15) is 48.1 Å². The van der Waals surface area contributed by atoms with Gasteiger partial charge in [0.1, 0.15) is 0 Å². The molecule has 0 fully saturated rings. The van der Waals surface area contributed by atoms with E-state index < -0.39 is 16.1 Å². The zero-order chi connectivity index (χ0) is 20.6. The Labute approximate surface area is 165 Å². The summed E-state index contributed by atoms with van der Waals surface area (Å²) in [5.74, 6) is 0.540. The van der Waals surface area contributed by atoms with Gasteiger partial charge in [0.15, 0.2) is 5.76 Å². The van der Waals surface area contributed by atoms with Crippen molar-refractivity contribution in [3.63, 3.8) is 0 Å². The fourth-order valence-corrected chi connectivity index (χ4v) is 5.03. The molecule has 1 N–H and O–H groups in total. The predicted octanol–water partition coefficient (Wildman–Crippen LogP) is 3.83. The minimum atomic E-state index is -3.74. The number of hydrogen-bond donors (Lipinski definition) is 1. The summed E-state index contributed by atoms with van der Waals surface area (Å²) in [5, 5.41) is 8.36. The van der Waals surface area contributed by atoms with Crippen molar-refractivity contribution < 1.29 is 12.9 Å². The summed E-state index contributed by atoms with van der Waals surface area (Å²) in [5.41, 5.74) is 4.79. The van der Waals surface area contributed by atoms with Crippen molar-refractivity contribution in [3.8, 4) is 11.3 Å². The van der Waals surface area contributed by atoms with Crippen LogP contribution in [-0.4, -0.2) is 23.4 Å². The van der Waals surface area contributed by atoms with Gasteiger partial charge in [0.25, 0.3) is 0 Å². The second kappa shape index (κ2) is 7.52. The van der Waals surface area contributed by atoms with Gasteiger partial charge in [-0.25, -0.2) is 13.1 Å². The second-order valence-electron chi connectivity index (χ2n) is 7.06. The Balaban J connectivity index is 1.96.